The Bertz CT molecular complexity index is 205. The maximum Gasteiger partial charge on any atom is 0.317 e. The molecule has 80 valence electrons. The summed E-state index contributed by atoms with van der Waals surface area (Å²) in [6.45, 7) is 4.14. The summed E-state index contributed by atoms with van der Waals surface area (Å²) in [5.74, 6) is 0.807. The number of carbonyl (C=O) groups excluding carboxylic acids is 1. The number of hydrogen-bond donors (Lipinski definition) is 1. The highest BCUT2D eigenvalue weighted by atomic mass is 16.2. The standard InChI is InChI=1S/C11H20N2O/c1-9-7-10(8-9)12-11(14)13-5-3-2-4-6-13/h9-10H,2-8H2,1H3,(H,12,14). The van der Waals surface area contributed by atoms with Crippen LogP contribution in [0.15, 0.2) is 0 Å². The van der Waals surface area contributed by atoms with Crippen molar-refractivity contribution < 1.29 is 4.79 Å². The molecule has 2 aliphatic rings. The number of amides is 2. The van der Waals surface area contributed by atoms with E-state index in [2.05, 4.69) is 12.2 Å². The fourth-order valence-electron chi connectivity index (χ4n) is 2.38. The molecule has 1 saturated carbocycles. The SMILES string of the molecule is CC1CC(NC(=O)N2CCCCC2)C1. The van der Waals surface area contributed by atoms with Crippen LogP contribution >= 0.6 is 0 Å². The van der Waals surface area contributed by atoms with Crippen LogP contribution in [-0.2, 0) is 0 Å². The van der Waals surface area contributed by atoms with Crippen molar-refractivity contribution in [3.63, 3.8) is 0 Å². The van der Waals surface area contributed by atoms with Gasteiger partial charge in [0.2, 0.25) is 0 Å². The average Bonchev–Trinajstić information content (AvgIpc) is 2.17. The van der Waals surface area contributed by atoms with Gasteiger partial charge in [0.1, 0.15) is 0 Å². The van der Waals surface area contributed by atoms with E-state index >= 15 is 0 Å². The van der Waals surface area contributed by atoms with Crippen molar-refractivity contribution in [2.45, 2.75) is 45.1 Å². The molecule has 1 aliphatic heterocycles. The fraction of sp³-hybridized carbons (Fsp3) is 0.909. The van der Waals surface area contributed by atoms with Gasteiger partial charge in [-0.2, -0.15) is 0 Å². The molecule has 0 aromatic heterocycles. The van der Waals surface area contributed by atoms with Gasteiger partial charge in [0.25, 0.3) is 0 Å². The molecule has 0 atom stereocenters. The Morgan fingerprint density at radius 2 is 1.86 bits per heavy atom. The monoisotopic (exact) mass is 196 g/mol. The predicted octanol–water partition coefficient (Wildman–Crippen LogP) is 1.98. The number of likely N-dealkylation sites (tertiary alicyclic amines) is 1. The van der Waals surface area contributed by atoms with Crippen molar-refractivity contribution in [3.8, 4) is 0 Å². The molecule has 0 unspecified atom stereocenters. The number of nitrogens with zero attached hydrogens (tertiary/aromatic N) is 1. The van der Waals surface area contributed by atoms with E-state index in [9.17, 15) is 4.79 Å². The Morgan fingerprint density at radius 3 is 2.43 bits per heavy atom. The Labute approximate surface area is 85.8 Å². The van der Waals surface area contributed by atoms with Gasteiger partial charge in [-0.3, -0.25) is 0 Å². The first-order valence-corrected chi connectivity index (χ1v) is 5.81. The minimum atomic E-state index is 0.168. The topological polar surface area (TPSA) is 32.3 Å². The zero-order valence-corrected chi connectivity index (χ0v) is 8.96. The molecule has 0 radical (unpaired) electrons. The molecule has 1 aliphatic carbocycles. The molecular formula is C11H20N2O. The maximum absolute atomic E-state index is 11.7. The van der Waals surface area contributed by atoms with Gasteiger partial charge in [-0.15, -0.1) is 0 Å². The summed E-state index contributed by atoms with van der Waals surface area (Å²) in [6, 6.07) is 0.626. The lowest BCUT2D eigenvalue weighted by Gasteiger charge is -2.36. The second-order valence-corrected chi connectivity index (χ2v) is 4.77. The van der Waals surface area contributed by atoms with Crippen LogP contribution in [0.5, 0.6) is 0 Å². The van der Waals surface area contributed by atoms with Gasteiger partial charge < -0.3 is 10.2 Å². The van der Waals surface area contributed by atoms with E-state index in [1.165, 1.54) is 32.1 Å². The van der Waals surface area contributed by atoms with Crippen LogP contribution in [0.25, 0.3) is 0 Å². The van der Waals surface area contributed by atoms with Crippen LogP contribution in [0.4, 0.5) is 4.79 Å². The smallest absolute Gasteiger partial charge is 0.317 e. The van der Waals surface area contributed by atoms with E-state index in [0.717, 1.165) is 19.0 Å². The Balaban J connectivity index is 1.71. The van der Waals surface area contributed by atoms with Crippen molar-refractivity contribution in [2.75, 3.05) is 13.1 Å². The zero-order valence-electron chi connectivity index (χ0n) is 8.96. The highest BCUT2D eigenvalue weighted by Gasteiger charge is 2.28. The summed E-state index contributed by atoms with van der Waals surface area (Å²) in [7, 11) is 0. The molecule has 0 spiro atoms. The summed E-state index contributed by atoms with van der Waals surface area (Å²) >= 11 is 0. The van der Waals surface area contributed by atoms with Crippen molar-refractivity contribution in [2.24, 2.45) is 5.92 Å². The summed E-state index contributed by atoms with van der Waals surface area (Å²) in [5, 5.41) is 3.10. The Kier molecular flexibility index (Phi) is 2.94. The molecule has 2 fully saturated rings. The van der Waals surface area contributed by atoms with E-state index in [1.54, 1.807) is 0 Å². The second-order valence-electron chi connectivity index (χ2n) is 4.77. The third-order valence-electron chi connectivity index (χ3n) is 3.34. The predicted molar refractivity (Wildman–Crippen MR) is 56.1 cm³/mol. The van der Waals surface area contributed by atoms with Crippen LogP contribution in [0, 0.1) is 5.92 Å². The molecule has 2 rings (SSSR count). The van der Waals surface area contributed by atoms with Crippen molar-refractivity contribution in [1.29, 1.82) is 0 Å². The third-order valence-corrected chi connectivity index (χ3v) is 3.34. The lowest BCUT2D eigenvalue weighted by molar-refractivity contribution is 0.166. The van der Waals surface area contributed by atoms with E-state index in [4.69, 9.17) is 0 Å². The molecule has 1 saturated heterocycles. The Hall–Kier alpha value is -0.730. The summed E-state index contributed by atoms with van der Waals surface area (Å²) in [5.41, 5.74) is 0. The van der Waals surface area contributed by atoms with Crippen LogP contribution in [0.3, 0.4) is 0 Å². The maximum atomic E-state index is 11.7. The van der Waals surface area contributed by atoms with Gasteiger partial charge in [0.05, 0.1) is 0 Å². The minimum Gasteiger partial charge on any atom is -0.335 e. The lowest BCUT2D eigenvalue weighted by atomic mass is 9.82. The molecule has 1 N–H and O–H groups in total. The van der Waals surface area contributed by atoms with Crippen LogP contribution in [0.1, 0.15) is 39.0 Å². The summed E-state index contributed by atoms with van der Waals surface area (Å²) in [6.07, 6.45) is 5.96. The van der Waals surface area contributed by atoms with Gasteiger partial charge in [0.15, 0.2) is 0 Å². The second kappa shape index (κ2) is 4.20. The van der Waals surface area contributed by atoms with Crippen molar-refractivity contribution in [3.05, 3.63) is 0 Å². The molecule has 2 amide bonds. The van der Waals surface area contributed by atoms with E-state index in [1.807, 2.05) is 4.90 Å². The van der Waals surface area contributed by atoms with Gasteiger partial charge in [-0.1, -0.05) is 6.92 Å². The molecule has 3 heteroatoms. The van der Waals surface area contributed by atoms with E-state index in [-0.39, 0.29) is 6.03 Å². The molecule has 14 heavy (non-hydrogen) atoms. The van der Waals surface area contributed by atoms with Gasteiger partial charge in [-0.25, -0.2) is 4.79 Å². The first-order chi connectivity index (χ1) is 6.75. The number of rotatable bonds is 1. The summed E-state index contributed by atoms with van der Waals surface area (Å²) in [4.78, 5) is 13.7. The molecule has 0 bridgehead atoms. The summed E-state index contributed by atoms with van der Waals surface area (Å²) < 4.78 is 0. The normalized spacial score (nSPS) is 32.2. The van der Waals surface area contributed by atoms with Gasteiger partial charge >= 0.3 is 6.03 Å². The van der Waals surface area contributed by atoms with Crippen LogP contribution in [0.2, 0.25) is 0 Å². The number of nitrogens with one attached hydrogen (secondary N) is 1. The van der Waals surface area contributed by atoms with Gasteiger partial charge in [-0.05, 0) is 38.0 Å². The first-order valence-electron chi connectivity index (χ1n) is 5.81. The number of urea groups is 1. The number of carbonyl (C=O) groups is 1. The fourth-order valence-corrected chi connectivity index (χ4v) is 2.38. The first kappa shape index (κ1) is 9.81. The highest BCUT2D eigenvalue weighted by molar-refractivity contribution is 5.74. The zero-order chi connectivity index (χ0) is 9.97. The van der Waals surface area contributed by atoms with Crippen molar-refractivity contribution in [1.82, 2.24) is 10.2 Å². The number of piperidine rings is 1. The Morgan fingerprint density at radius 1 is 1.21 bits per heavy atom. The highest BCUT2D eigenvalue weighted by Crippen LogP contribution is 2.26. The average molecular weight is 196 g/mol. The molecular weight excluding hydrogens is 176 g/mol. The molecule has 0 aromatic carbocycles. The van der Waals surface area contributed by atoms with Crippen molar-refractivity contribution >= 4 is 6.03 Å². The minimum absolute atomic E-state index is 0.168. The molecule has 3 nitrogen and oxygen atoms in total. The van der Waals surface area contributed by atoms with Gasteiger partial charge in [0, 0.05) is 19.1 Å². The van der Waals surface area contributed by atoms with Crippen LogP contribution in [-0.4, -0.2) is 30.1 Å². The third kappa shape index (κ3) is 2.20. The molecule has 0 aromatic rings. The number of hydrogen-bond acceptors (Lipinski definition) is 1. The van der Waals surface area contributed by atoms with Crippen LogP contribution < -0.4 is 5.32 Å². The quantitative estimate of drug-likeness (QED) is 0.683. The van der Waals surface area contributed by atoms with E-state index < -0.39 is 0 Å². The lowest BCUT2D eigenvalue weighted by Crippen LogP contribution is -2.50. The largest absolute Gasteiger partial charge is 0.335 e. The van der Waals surface area contributed by atoms with E-state index in [0.29, 0.717) is 6.04 Å². The molecule has 1 heterocycles.